The quantitative estimate of drug-likeness (QED) is 0.195. The molecule has 3 nitrogen and oxygen atoms in total. The van der Waals surface area contributed by atoms with Gasteiger partial charge in [0.25, 0.3) is 0 Å². The van der Waals surface area contributed by atoms with Crippen molar-refractivity contribution in [2.24, 2.45) is 9.98 Å². The number of rotatable bonds is 5. The molecule has 1 aromatic heterocycles. The highest BCUT2D eigenvalue weighted by atomic mass is 15.0. The van der Waals surface area contributed by atoms with Crippen molar-refractivity contribution in [2.75, 3.05) is 0 Å². The number of benzene rings is 6. The van der Waals surface area contributed by atoms with Gasteiger partial charge in [0.15, 0.2) is 5.84 Å². The zero-order valence-electron chi connectivity index (χ0n) is 25.1. The molecule has 0 atom stereocenters. The van der Waals surface area contributed by atoms with E-state index in [-0.39, 0.29) is 0 Å². The summed E-state index contributed by atoms with van der Waals surface area (Å²) in [5.74, 6) is 0.734. The van der Waals surface area contributed by atoms with Gasteiger partial charge in [0.05, 0.1) is 22.4 Å². The van der Waals surface area contributed by atoms with E-state index < -0.39 is 0 Å². The van der Waals surface area contributed by atoms with Crippen molar-refractivity contribution in [2.45, 2.75) is 13.3 Å². The van der Waals surface area contributed by atoms with Crippen LogP contribution in [0, 0.1) is 0 Å². The van der Waals surface area contributed by atoms with E-state index in [0.29, 0.717) is 0 Å². The monoisotopic (exact) mass is 577 g/mol. The van der Waals surface area contributed by atoms with E-state index in [1.165, 1.54) is 38.6 Å². The average Bonchev–Trinajstić information content (AvgIpc) is 3.33. The van der Waals surface area contributed by atoms with Crippen molar-refractivity contribution < 1.29 is 0 Å². The van der Waals surface area contributed by atoms with Gasteiger partial charge in [0, 0.05) is 34.0 Å². The van der Waals surface area contributed by atoms with Crippen LogP contribution in [0.3, 0.4) is 0 Å². The molecule has 7 aromatic rings. The molecule has 1 aliphatic rings. The third-order valence-corrected chi connectivity index (χ3v) is 8.61. The lowest BCUT2D eigenvalue weighted by atomic mass is 9.99. The van der Waals surface area contributed by atoms with Crippen molar-refractivity contribution in [3.05, 3.63) is 180 Å². The molecule has 0 aliphatic carbocycles. The molecule has 2 heterocycles. The maximum atomic E-state index is 5.19. The predicted octanol–water partition coefficient (Wildman–Crippen LogP) is 10.5. The lowest BCUT2D eigenvalue weighted by Crippen LogP contribution is -2.05. The topological polar surface area (TPSA) is 29.6 Å². The number of aliphatic imine (C=N–C) groups is 2. The Morgan fingerprint density at radius 1 is 0.467 bits per heavy atom. The van der Waals surface area contributed by atoms with Crippen LogP contribution in [0.2, 0.25) is 0 Å². The standard InChI is InChI=1S/C42H31N3/c1-29-27-38(31-13-5-2-6-14-31)43-42(44-41(29)32-15-7-3-8-16-32)33-23-21-30(22-24-33)34-25-26-40-37(28-34)36-19-11-12-20-39(36)45(40)35-17-9-4-10-18-35/h2-26,28H,27H2,1H3. The maximum absolute atomic E-state index is 5.19. The number of para-hydroxylation sites is 2. The molecule has 214 valence electrons. The maximum Gasteiger partial charge on any atom is 0.160 e. The number of fused-ring (bicyclic) bond motifs is 3. The van der Waals surface area contributed by atoms with Crippen molar-refractivity contribution in [3.63, 3.8) is 0 Å². The molecule has 1 aliphatic heterocycles. The number of hydrogen-bond donors (Lipinski definition) is 0. The second kappa shape index (κ2) is 11.4. The Labute approximate surface area is 263 Å². The number of aromatic nitrogens is 1. The Bertz CT molecular complexity index is 2250. The highest BCUT2D eigenvalue weighted by Gasteiger charge is 2.18. The van der Waals surface area contributed by atoms with Gasteiger partial charge in [-0.05, 0) is 59.5 Å². The van der Waals surface area contributed by atoms with Crippen LogP contribution in [-0.4, -0.2) is 16.1 Å². The highest BCUT2D eigenvalue weighted by Crippen LogP contribution is 2.35. The van der Waals surface area contributed by atoms with E-state index in [1.807, 2.05) is 12.1 Å². The van der Waals surface area contributed by atoms with Gasteiger partial charge in [0.1, 0.15) is 0 Å². The normalized spacial score (nSPS) is 13.5. The SMILES string of the molecule is CC1=C(c2ccccc2)N=C(c2ccc(-c3ccc4c(c3)c3ccccc3n4-c3ccccc3)cc2)N=C(c2ccccc2)C1. The van der Waals surface area contributed by atoms with Crippen LogP contribution in [0.25, 0.3) is 44.3 Å². The van der Waals surface area contributed by atoms with Gasteiger partial charge in [-0.1, -0.05) is 127 Å². The van der Waals surface area contributed by atoms with Gasteiger partial charge >= 0.3 is 0 Å². The van der Waals surface area contributed by atoms with Gasteiger partial charge in [-0.15, -0.1) is 0 Å². The molecule has 6 aromatic carbocycles. The summed E-state index contributed by atoms with van der Waals surface area (Å²) in [6.07, 6.45) is 0.746. The summed E-state index contributed by atoms with van der Waals surface area (Å²) in [4.78, 5) is 10.4. The van der Waals surface area contributed by atoms with Crippen LogP contribution in [0.4, 0.5) is 0 Å². The minimum Gasteiger partial charge on any atom is -0.309 e. The summed E-state index contributed by atoms with van der Waals surface area (Å²) in [6.45, 7) is 2.17. The molecular formula is C42H31N3. The molecule has 0 unspecified atom stereocenters. The Morgan fingerprint density at radius 2 is 1.04 bits per heavy atom. The molecule has 0 fully saturated rings. The summed E-state index contributed by atoms with van der Waals surface area (Å²) in [7, 11) is 0. The summed E-state index contributed by atoms with van der Waals surface area (Å²) in [5.41, 5.74) is 12.4. The summed E-state index contributed by atoms with van der Waals surface area (Å²) < 4.78 is 2.35. The van der Waals surface area contributed by atoms with E-state index in [0.717, 1.165) is 45.9 Å². The van der Waals surface area contributed by atoms with Crippen LogP contribution in [0.5, 0.6) is 0 Å². The second-order valence-electron chi connectivity index (χ2n) is 11.5. The van der Waals surface area contributed by atoms with E-state index in [9.17, 15) is 0 Å². The largest absolute Gasteiger partial charge is 0.309 e. The first-order valence-electron chi connectivity index (χ1n) is 15.4. The zero-order chi connectivity index (χ0) is 30.2. The number of nitrogens with zero attached hydrogens (tertiary/aromatic N) is 3. The first-order valence-corrected chi connectivity index (χ1v) is 15.4. The Morgan fingerprint density at radius 3 is 1.78 bits per heavy atom. The minimum absolute atomic E-state index is 0.734. The Hall–Kier alpha value is -5.80. The highest BCUT2D eigenvalue weighted by molar-refractivity contribution is 6.16. The molecule has 0 spiro atoms. The van der Waals surface area contributed by atoms with Crippen LogP contribution in [0.15, 0.2) is 173 Å². The molecule has 8 rings (SSSR count). The fourth-order valence-electron chi connectivity index (χ4n) is 6.38. The fraction of sp³-hybridized carbons (Fsp3) is 0.0476. The van der Waals surface area contributed by atoms with E-state index in [1.54, 1.807) is 0 Å². The first kappa shape index (κ1) is 26.8. The van der Waals surface area contributed by atoms with E-state index >= 15 is 0 Å². The van der Waals surface area contributed by atoms with Gasteiger partial charge in [-0.25, -0.2) is 9.98 Å². The average molecular weight is 578 g/mol. The number of amidine groups is 1. The molecule has 0 radical (unpaired) electrons. The minimum atomic E-state index is 0.734. The Kier molecular flexibility index (Phi) is 6.77. The molecule has 0 saturated heterocycles. The molecule has 0 saturated carbocycles. The molecule has 3 heteroatoms. The smallest absolute Gasteiger partial charge is 0.160 e. The van der Waals surface area contributed by atoms with E-state index in [4.69, 9.17) is 9.98 Å². The molecule has 0 bridgehead atoms. The van der Waals surface area contributed by atoms with Crippen molar-refractivity contribution in [3.8, 4) is 16.8 Å². The third kappa shape index (κ3) is 4.99. The summed E-state index contributed by atoms with van der Waals surface area (Å²) in [6, 6.07) is 55.6. The molecule has 0 N–H and O–H groups in total. The third-order valence-electron chi connectivity index (χ3n) is 8.61. The lowest BCUT2D eigenvalue weighted by molar-refractivity contribution is 1.18. The van der Waals surface area contributed by atoms with E-state index in [2.05, 4.69) is 157 Å². The lowest BCUT2D eigenvalue weighted by Gasteiger charge is -2.09. The summed E-state index contributed by atoms with van der Waals surface area (Å²) in [5, 5.41) is 2.50. The van der Waals surface area contributed by atoms with Crippen LogP contribution >= 0.6 is 0 Å². The molecule has 0 amide bonds. The van der Waals surface area contributed by atoms with Crippen molar-refractivity contribution >= 4 is 39.1 Å². The van der Waals surface area contributed by atoms with Crippen LogP contribution < -0.4 is 0 Å². The molecule has 45 heavy (non-hydrogen) atoms. The second-order valence-corrected chi connectivity index (χ2v) is 11.5. The van der Waals surface area contributed by atoms with Crippen LogP contribution in [-0.2, 0) is 0 Å². The van der Waals surface area contributed by atoms with Gasteiger partial charge in [-0.3, -0.25) is 0 Å². The first-order chi connectivity index (χ1) is 22.2. The summed E-state index contributed by atoms with van der Waals surface area (Å²) >= 11 is 0. The predicted molar refractivity (Wildman–Crippen MR) is 189 cm³/mol. The number of hydrogen-bond acceptors (Lipinski definition) is 2. The fourth-order valence-corrected chi connectivity index (χ4v) is 6.38. The van der Waals surface area contributed by atoms with Crippen molar-refractivity contribution in [1.29, 1.82) is 0 Å². The zero-order valence-corrected chi connectivity index (χ0v) is 25.1. The van der Waals surface area contributed by atoms with Gasteiger partial charge in [-0.2, -0.15) is 0 Å². The Balaban J connectivity index is 1.21. The molecular weight excluding hydrogens is 546 g/mol. The van der Waals surface area contributed by atoms with Crippen molar-refractivity contribution in [1.82, 2.24) is 4.57 Å². The van der Waals surface area contributed by atoms with Gasteiger partial charge < -0.3 is 4.57 Å². The van der Waals surface area contributed by atoms with Gasteiger partial charge in [0.2, 0.25) is 0 Å². The van der Waals surface area contributed by atoms with Crippen LogP contribution in [0.1, 0.15) is 30.0 Å². The number of allylic oxidation sites excluding steroid dienone is 1.